The molecule has 8 heteroatoms. The van der Waals surface area contributed by atoms with Crippen LogP contribution in [0.4, 0.5) is 4.39 Å². The monoisotopic (exact) mass is 335 g/mol. The quantitative estimate of drug-likeness (QED) is 0.677. The van der Waals surface area contributed by atoms with Gasteiger partial charge < -0.3 is 5.11 Å². The number of carboxylic acids is 1. The van der Waals surface area contributed by atoms with Crippen LogP contribution in [0.3, 0.4) is 0 Å². The second-order valence-electron chi connectivity index (χ2n) is 4.40. The maximum atomic E-state index is 13.6. The molecule has 5 nitrogen and oxygen atoms in total. The van der Waals surface area contributed by atoms with Crippen molar-refractivity contribution < 1.29 is 22.7 Å². The number of aromatic carboxylic acids is 1. The number of unbranched alkanes of at least 4 members (excludes halogenated alkanes) is 2. The Hall–Kier alpha value is -1.12. The van der Waals surface area contributed by atoms with Crippen molar-refractivity contribution in [3.05, 3.63) is 29.6 Å². The first-order valence-electron chi connectivity index (χ1n) is 6.40. The first kappa shape index (κ1) is 17.9. The number of carboxylic acid groups (broad SMARTS) is 1. The van der Waals surface area contributed by atoms with Crippen LogP contribution >= 0.6 is 11.8 Å². The summed E-state index contributed by atoms with van der Waals surface area (Å²) in [6.07, 6.45) is 4.52. The molecule has 0 heterocycles. The molecule has 0 atom stereocenters. The fourth-order valence-electron chi connectivity index (χ4n) is 1.67. The van der Waals surface area contributed by atoms with Gasteiger partial charge in [-0.15, -0.1) is 0 Å². The molecule has 0 saturated heterocycles. The molecule has 0 amide bonds. The lowest BCUT2D eigenvalue weighted by Crippen LogP contribution is -2.26. The molecule has 1 rings (SSSR count). The molecule has 2 N–H and O–H groups in total. The maximum Gasteiger partial charge on any atom is 0.335 e. The zero-order chi connectivity index (χ0) is 15.9. The minimum atomic E-state index is -4.03. The third-order valence-corrected chi connectivity index (χ3v) is 4.96. The number of rotatable bonds is 9. The van der Waals surface area contributed by atoms with Crippen LogP contribution < -0.4 is 4.72 Å². The van der Waals surface area contributed by atoms with Crippen molar-refractivity contribution in [2.24, 2.45) is 0 Å². The van der Waals surface area contributed by atoms with Crippen molar-refractivity contribution in [1.82, 2.24) is 4.72 Å². The van der Waals surface area contributed by atoms with Gasteiger partial charge in [0, 0.05) is 6.54 Å². The van der Waals surface area contributed by atoms with E-state index >= 15 is 0 Å². The van der Waals surface area contributed by atoms with Gasteiger partial charge in [-0.25, -0.2) is 22.3 Å². The van der Waals surface area contributed by atoms with E-state index in [0.717, 1.165) is 36.8 Å². The van der Waals surface area contributed by atoms with Gasteiger partial charge in [0.15, 0.2) is 0 Å². The SMILES string of the molecule is CSCCCCCNS(=O)(=O)c1cc(C(=O)O)ccc1F. The molecule has 0 fully saturated rings. The van der Waals surface area contributed by atoms with Gasteiger partial charge in [0.25, 0.3) is 0 Å². The number of hydrogen-bond acceptors (Lipinski definition) is 4. The average molecular weight is 335 g/mol. The molecule has 1 aromatic carbocycles. The summed E-state index contributed by atoms with van der Waals surface area (Å²) < 4.78 is 39.8. The number of hydrogen-bond donors (Lipinski definition) is 2. The number of sulfonamides is 1. The van der Waals surface area contributed by atoms with E-state index in [-0.39, 0.29) is 12.1 Å². The van der Waals surface area contributed by atoms with Crippen molar-refractivity contribution in [1.29, 1.82) is 0 Å². The topological polar surface area (TPSA) is 83.5 Å². The lowest BCUT2D eigenvalue weighted by Gasteiger charge is -2.08. The minimum absolute atomic E-state index is 0.202. The van der Waals surface area contributed by atoms with E-state index in [9.17, 15) is 17.6 Å². The fraction of sp³-hybridized carbons (Fsp3) is 0.462. The third kappa shape index (κ3) is 5.64. The van der Waals surface area contributed by atoms with Crippen LogP contribution in [0.1, 0.15) is 29.6 Å². The van der Waals surface area contributed by atoms with Crippen LogP contribution in [0.25, 0.3) is 0 Å². The largest absolute Gasteiger partial charge is 0.478 e. The molecule has 0 aromatic heterocycles. The molecule has 0 aliphatic heterocycles. The number of nitrogens with one attached hydrogen (secondary N) is 1. The summed E-state index contributed by atoms with van der Waals surface area (Å²) in [5.74, 6) is -1.25. The highest BCUT2D eigenvalue weighted by atomic mass is 32.2. The highest BCUT2D eigenvalue weighted by molar-refractivity contribution is 7.98. The van der Waals surface area contributed by atoms with E-state index in [0.29, 0.717) is 6.42 Å². The maximum absolute atomic E-state index is 13.6. The number of benzene rings is 1. The predicted octanol–water partition coefficient (Wildman–Crippen LogP) is 2.34. The Labute approximate surface area is 128 Å². The van der Waals surface area contributed by atoms with Gasteiger partial charge in [-0.1, -0.05) is 6.42 Å². The van der Waals surface area contributed by atoms with Crippen LogP contribution in [0.5, 0.6) is 0 Å². The molecule has 0 unspecified atom stereocenters. The summed E-state index contributed by atoms with van der Waals surface area (Å²) in [7, 11) is -4.03. The molecule has 0 aliphatic carbocycles. The normalized spacial score (nSPS) is 11.5. The third-order valence-electron chi connectivity index (χ3n) is 2.78. The zero-order valence-electron chi connectivity index (χ0n) is 11.6. The molecular formula is C13H18FNO4S2. The Morgan fingerprint density at radius 3 is 2.67 bits per heavy atom. The summed E-state index contributed by atoms with van der Waals surface area (Å²) in [5.41, 5.74) is -0.267. The van der Waals surface area contributed by atoms with Crippen LogP contribution in [-0.4, -0.2) is 38.0 Å². The van der Waals surface area contributed by atoms with Gasteiger partial charge in [-0.3, -0.25) is 0 Å². The lowest BCUT2D eigenvalue weighted by atomic mass is 10.2. The molecule has 0 bridgehead atoms. The molecule has 0 radical (unpaired) electrons. The second kappa shape index (κ2) is 8.35. The van der Waals surface area contributed by atoms with Crippen molar-refractivity contribution in [3.63, 3.8) is 0 Å². The number of thioether (sulfide) groups is 1. The standard InChI is InChI=1S/C13H18FNO4S2/c1-20-8-4-2-3-7-15-21(18,19)12-9-10(13(16)17)5-6-11(12)14/h5-6,9,15H,2-4,7-8H2,1H3,(H,16,17). The van der Waals surface area contributed by atoms with Gasteiger partial charge in [-0.2, -0.15) is 11.8 Å². The van der Waals surface area contributed by atoms with Crippen LogP contribution in [0.15, 0.2) is 23.1 Å². The summed E-state index contributed by atoms with van der Waals surface area (Å²) in [6.45, 7) is 0.202. The molecule has 0 spiro atoms. The number of carbonyl (C=O) groups is 1. The van der Waals surface area contributed by atoms with Gasteiger partial charge in [0.1, 0.15) is 10.7 Å². The van der Waals surface area contributed by atoms with Gasteiger partial charge in [-0.05, 0) is 43.0 Å². The van der Waals surface area contributed by atoms with E-state index in [4.69, 9.17) is 5.11 Å². The zero-order valence-corrected chi connectivity index (χ0v) is 13.3. The highest BCUT2D eigenvalue weighted by Gasteiger charge is 2.20. The summed E-state index contributed by atoms with van der Waals surface area (Å²) in [5, 5.41) is 8.82. The molecule has 1 aromatic rings. The van der Waals surface area contributed by atoms with Crippen LogP contribution in [0, 0.1) is 5.82 Å². The molecule has 118 valence electrons. The highest BCUT2D eigenvalue weighted by Crippen LogP contribution is 2.16. The Bertz CT molecular complexity index is 590. The van der Waals surface area contributed by atoms with Crippen LogP contribution in [0.2, 0.25) is 0 Å². The van der Waals surface area contributed by atoms with Gasteiger partial charge in [0.05, 0.1) is 5.56 Å². The van der Waals surface area contributed by atoms with Crippen molar-refractivity contribution in [3.8, 4) is 0 Å². The van der Waals surface area contributed by atoms with Crippen molar-refractivity contribution in [2.45, 2.75) is 24.2 Å². The van der Waals surface area contributed by atoms with Crippen LogP contribution in [-0.2, 0) is 10.0 Å². The Morgan fingerprint density at radius 2 is 2.05 bits per heavy atom. The van der Waals surface area contributed by atoms with Gasteiger partial charge >= 0.3 is 5.97 Å². The van der Waals surface area contributed by atoms with E-state index < -0.39 is 26.7 Å². The van der Waals surface area contributed by atoms with Crippen molar-refractivity contribution >= 4 is 27.8 Å². The smallest absolute Gasteiger partial charge is 0.335 e. The summed E-state index contributed by atoms with van der Waals surface area (Å²) in [6, 6.07) is 2.70. The number of halogens is 1. The van der Waals surface area contributed by atoms with Gasteiger partial charge in [0.2, 0.25) is 10.0 Å². The van der Waals surface area contributed by atoms with E-state index in [2.05, 4.69) is 4.72 Å². The summed E-state index contributed by atoms with van der Waals surface area (Å²) in [4.78, 5) is 10.2. The first-order chi connectivity index (χ1) is 9.88. The first-order valence-corrected chi connectivity index (χ1v) is 9.27. The Morgan fingerprint density at radius 1 is 1.33 bits per heavy atom. The molecule has 21 heavy (non-hydrogen) atoms. The predicted molar refractivity (Wildman–Crippen MR) is 80.8 cm³/mol. The summed E-state index contributed by atoms with van der Waals surface area (Å²) >= 11 is 1.72. The molecular weight excluding hydrogens is 317 g/mol. The van der Waals surface area contributed by atoms with E-state index in [1.165, 1.54) is 0 Å². The minimum Gasteiger partial charge on any atom is -0.478 e. The molecule has 0 saturated carbocycles. The fourth-order valence-corrected chi connectivity index (χ4v) is 3.34. The van der Waals surface area contributed by atoms with E-state index in [1.807, 2.05) is 6.26 Å². The van der Waals surface area contributed by atoms with Crippen molar-refractivity contribution in [2.75, 3.05) is 18.6 Å². The average Bonchev–Trinajstić information content (AvgIpc) is 2.42. The molecule has 0 aliphatic rings. The Kier molecular flexibility index (Phi) is 7.13. The second-order valence-corrected chi connectivity index (χ2v) is 7.12. The Balaban J connectivity index is 2.70. The van der Waals surface area contributed by atoms with E-state index in [1.54, 1.807) is 11.8 Å². The lowest BCUT2D eigenvalue weighted by molar-refractivity contribution is 0.0696.